The maximum atomic E-state index is 13.9. The molecule has 1 heterocycles. The molecule has 0 atom stereocenters. The minimum atomic E-state index is -0.766. The van der Waals surface area contributed by atoms with Crippen molar-refractivity contribution >= 4 is 17.5 Å². The van der Waals surface area contributed by atoms with Gasteiger partial charge in [-0.15, -0.1) is 0 Å². The van der Waals surface area contributed by atoms with Gasteiger partial charge in [0.05, 0.1) is 12.3 Å². The first kappa shape index (κ1) is 23.4. The summed E-state index contributed by atoms with van der Waals surface area (Å²) in [5.41, 5.74) is 1.38. The summed E-state index contributed by atoms with van der Waals surface area (Å²) in [7, 11) is 0. The molecule has 1 aromatic heterocycles. The molecule has 6 nitrogen and oxygen atoms in total. The second-order valence-electron chi connectivity index (χ2n) is 7.06. The number of hydrogen-bond acceptors (Lipinski definition) is 4. The molecule has 2 N–H and O–H groups in total. The smallest absolute Gasteiger partial charge is 0.277 e. The predicted octanol–water partition coefficient (Wildman–Crippen LogP) is 3.69. The van der Waals surface area contributed by atoms with Gasteiger partial charge in [0.25, 0.3) is 11.5 Å². The van der Waals surface area contributed by atoms with Crippen LogP contribution in [0.15, 0.2) is 47.3 Å². The minimum Gasteiger partial charge on any atom is -0.487 e. The first-order valence-corrected chi connectivity index (χ1v) is 10.1. The van der Waals surface area contributed by atoms with Crippen LogP contribution in [0.1, 0.15) is 27.2 Å². The molecule has 3 rings (SSSR count). The average Bonchev–Trinajstić information content (AvgIpc) is 2.75. The van der Waals surface area contributed by atoms with Crippen molar-refractivity contribution in [2.75, 3.05) is 13.2 Å². The van der Waals surface area contributed by atoms with Crippen molar-refractivity contribution in [2.45, 2.75) is 20.5 Å². The fraction of sp³-hybridized carbons (Fsp3) is 0.217. The van der Waals surface area contributed by atoms with Crippen molar-refractivity contribution in [1.29, 1.82) is 0 Å². The molecule has 2 aromatic carbocycles. The highest BCUT2D eigenvalue weighted by Gasteiger charge is 2.18. The van der Waals surface area contributed by atoms with Crippen molar-refractivity contribution in [2.24, 2.45) is 0 Å². The normalized spacial score (nSPS) is 10.8. The van der Waals surface area contributed by atoms with Gasteiger partial charge < -0.3 is 15.2 Å². The molecule has 32 heavy (non-hydrogen) atoms. The number of amides is 1. The number of aromatic nitrogens is 1. The molecule has 0 aliphatic rings. The molecular formula is C23H21ClF2N2O4. The van der Waals surface area contributed by atoms with Gasteiger partial charge in [0, 0.05) is 35.5 Å². The van der Waals surface area contributed by atoms with Crippen LogP contribution in [0.3, 0.4) is 0 Å². The van der Waals surface area contributed by atoms with Crippen LogP contribution in [0.25, 0.3) is 5.69 Å². The molecule has 0 saturated carbocycles. The van der Waals surface area contributed by atoms with E-state index in [1.165, 1.54) is 16.7 Å². The Morgan fingerprint density at radius 2 is 1.94 bits per heavy atom. The number of nitrogens with one attached hydrogen (secondary N) is 1. The summed E-state index contributed by atoms with van der Waals surface area (Å²) >= 11 is 6.26. The van der Waals surface area contributed by atoms with E-state index in [2.05, 4.69) is 5.32 Å². The number of halogens is 3. The number of benzene rings is 2. The SMILES string of the molecule is Cc1c(C(=O)NCCO)cccc1-n1c(C)cc(OCc2ccc(F)cc2F)c(Cl)c1=O. The number of aryl methyl sites for hydroxylation is 1. The van der Waals surface area contributed by atoms with E-state index in [1.54, 1.807) is 32.0 Å². The van der Waals surface area contributed by atoms with E-state index in [4.69, 9.17) is 21.4 Å². The van der Waals surface area contributed by atoms with Gasteiger partial charge >= 0.3 is 0 Å². The van der Waals surface area contributed by atoms with Gasteiger partial charge in [-0.1, -0.05) is 17.7 Å². The topological polar surface area (TPSA) is 80.6 Å². The van der Waals surface area contributed by atoms with Crippen LogP contribution in [0.5, 0.6) is 5.75 Å². The molecule has 9 heteroatoms. The number of carbonyl (C=O) groups is 1. The summed E-state index contributed by atoms with van der Waals surface area (Å²) < 4.78 is 33.8. The predicted molar refractivity (Wildman–Crippen MR) is 117 cm³/mol. The molecule has 0 fully saturated rings. The summed E-state index contributed by atoms with van der Waals surface area (Å²) in [6.45, 7) is 3.04. The Balaban J connectivity index is 1.96. The molecule has 0 saturated heterocycles. The summed E-state index contributed by atoms with van der Waals surface area (Å²) in [4.78, 5) is 25.4. The molecule has 0 spiro atoms. The largest absolute Gasteiger partial charge is 0.487 e. The molecule has 0 aliphatic heterocycles. The zero-order valence-electron chi connectivity index (χ0n) is 17.4. The number of nitrogens with zero attached hydrogens (tertiary/aromatic N) is 1. The summed E-state index contributed by atoms with van der Waals surface area (Å²) in [6.07, 6.45) is 0. The van der Waals surface area contributed by atoms with Gasteiger partial charge in [-0.25, -0.2) is 8.78 Å². The molecule has 0 radical (unpaired) electrons. The first-order chi connectivity index (χ1) is 15.2. The Kier molecular flexibility index (Phi) is 7.27. The average molecular weight is 463 g/mol. The Morgan fingerprint density at radius 1 is 1.19 bits per heavy atom. The van der Waals surface area contributed by atoms with Gasteiger partial charge in [0.1, 0.15) is 29.0 Å². The fourth-order valence-electron chi connectivity index (χ4n) is 3.26. The van der Waals surface area contributed by atoms with Gasteiger partial charge in [0.2, 0.25) is 0 Å². The van der Waals surface area contributed by atoms with E-state index >= 15 is 0 Å². The third-order valence-corrected chi connectivity index (χ3v) is 5.23. The molecule has 1 amide bonds. The summed E-state index contributed by atoms with van der Waals surface area (Å²) in [5.74, 6) is -1.79. The van der Waals surface area contributed by atoms with Crippen molar-refractivity contribution in [1.82, 2.24) is 9.88 Å². The number of ether oxygens (including phenoxy) is 1. The van der Waals surface area contributed by atoms with E-state index in [-0.39, 0.29) is 42.0 Å². The number of carbonyl (C=O) groups excluding carboxylic acids is 1. The molecule has 0 aliphatic carbocycles. The first-order valence-electron chi connectivity index (χ1n) is 9.72. The molecule has 168 valence electrons. The summed E-state index contributed by atoms with van der Waals surface area (Å²) in [5, 5.41) is 11.3. The highest BCUT2D eigenvalue weighted by molar-refractivity contribution is 6.31. The lowest BCUT2D eigenvalue weighted by molar-refractivity contribution is 0.0944. The Hall–Kier alpha value is -3.23. The maximum absolute atomic E-state index is 13.9. The third-order valence-electron chi connectivity index (χ3n) is 4.89. The van der Waals surface area contributed by atoms with Crippen LogP contribution in [-0.4, -0.2) is 28.7 Å². The lowest BCUT2D eigenvalue weighted by Gasteiger charge is -2.17. The number of aliphatic hydroxyl groups excluding tert-OH is 1. The molecule has 0 unspecified atom stereocenters. The van der Waals surface area contributed by atoms with Crippen LogP contribution in [0.2, 0.25) is 5.02 Å². The van der Waals surface area contributed by atoms with Crippen LogP contribution in [0.4, 0.5) is 8.78 Å². The number of rotatable bonds is 7. The fourth-order valence-corrected chi connectivity index (χ4v) is 3.45. The monoisotopic (exact) mass is 462 g/mol. The quantitative estimate of drug-likeness (QED) is 0.561. The highest BCUT2D eigenvalue weighted by atomic mass is 35.5. The van der Waals surface area contributed by atoms with Crippen molar-refractivity contribution in [3.05, 3.63) is 91.9 Å². The third kappa shape index (κ3) is 4.81. The number of aliphatic hydroxyl groups is 1. The molecular weight excluding hydrogens is 442 g/mol. The zero-order chi connectivity index (χ0) is 23.4. The van der Waals surface area contributed by atoms with Crippen LogP contribution < -0.4 is 15.6 Å². The number of pyridine rings is 1. The van der Waals surface area contributed by atoms with Gasteiger partial charge in [0.15, 0.2) is 0 Å². The minimum absolute atomic E-state index is 0.0589. The van der Waals surface area contributed by atoms with E-state index in [0.29, 0.717) is 22.5 Å². The van der Waals surface area contributed by atoms with E-state index < -0.39 is 17.2 Å². The second kappa shape index (κ2) is 9.93. The van der Waals surface area contributed by atoms with Crippen molar-refractivity contribution in [3.63, 3.8) is 0 Å². The molecule has 0 bridgehead atoms. The van der Waals surface area contributed by atoms with Gasteiger partial charge in [-0.3, -0.25) is 14.2 Å². The van der Waals surface area contributed by atoms with Crippen molar-refractivity contribution in [3.8, 4) is 11.4 Å². The van der Waals surface area contributed by atoms with Crippen LogP contribution >= 0.6 is 11.6 Å². The number of hydrogen-bond donors (Lipinski definition) is 2. The zero-order valence-corrected chi connectivity index (χ0v) is 18.2. The van der Waals surface area contributed by atoms with Crippen LogP contribution in [-0.2, 0) is 6.61 Å². The Bertz CT molecular complexity index is 1230. The van der Waals surface area contributed by atoms with Crippen LogP contribution in [0, 0.1) is 25.5 Å². The van der Waals surface area contributed by atoms with Gasteiger partial charge in [-0.2, -0.15) is 0 Å². The Morgan fingerprint density at radius 3 is 2.62 bits per heavy atom. The standard InChI is InChI=1S/C23H21ClF2N2O4/c1-13-10-20(32-12-15-6-7-16(25)11-18(15)26)21(24)23(31)28(13)19-5-3-4-17(14(19)2)22(30)27-8-9-29/h3-7,10-11,29H,8-9,12H2,1-2H3,(H,27,30). The lowest BCUT2D eigenvalue weighted by atomic mass is 10.1. The van der Waals surface area contributed by atoms with Gasteiger partial charge in [-0.05, 0) is 43.7 Å². The second-order valence-corrected chi connectivity index (χ2v) is 7.44. The van der Waals surface area contributed by atoms with E-state index in [9.17, 15) is 18.4 Å². The van der Waals surface area contributed by atoms with E-state index in [1.807, 2.05) is 0 Å². The summed E-state index contributed by atoms with van der Waals surface area (Å²) in [6, 6.07) is 9.57. The van der Waals surface area contributed by atoms with E-state index in [0.717, 1.165) is 12.1 Å². The molecule has 3 aromatic rings. The Labute approximate surface area is 188 Å². The lowest BCUT2D eigenvalue weighted by Crippen LogP contribution is -2.28. The maximum Gasteiger partial charge on any atom is 0.277 e. The highest BCUT2D eigenvalue weighted by Crippen LogP contribution is 2.26. The van der Waals surface area contributed by atoms with Crippen molar-refractivity contribution < 1.29 is 23.4 Å².